The van der Waals surface area contributed by atoms with Gasteiger partial charge in [-0.05, 0) is 29.8 Å². The molecule has 0 bridgehead atoms. The van der Waals surface area contributed by atoms with Crippen LogP contribution in [0.5, 0.6) is 5.75 Å². The predicted octanol–water partition coefficient (Wildman–Crippen LogP) is 3.96. The maximum atomic E-state index is 12.6. The van der Waals surface area contributed by atoms with Gasteiger partial charge in [0, 0.05) is 5.69 Å². The Morgan fingerprint density at radius 1 is 1.10 bits per heavy atom. The molecule has 11 heteroatoms. The number of halogens is 3. The van der Waals surface area contributed by atoms with Crippen LogP contribution in [0.25, 0.3) is 0 Å². The fraction of sp³-hybridized carbons (Fsp3) is 0.105. The van der Waals surface area contributed by atoms with E-state index in [4.69, 9.17) is 11.6 Å². The number of aromatic nitrogens is 2. The number of carbonyl (C=O) groups is 1. The van der Waals surface area contributed by atoms with Crippen molar-refractivity contribution in [3.8, 4) is 5.75 Å². The van der Waals surface area contributed by atoms with Gasteiger partial charge in [-0.2, -0.15) is 8.78 Å². The summed E-state index contributed by atoms with van der Waals surface area (Å²) in [5.74, 6) is -1.22. The van der Waals surface area contributed by atoms with E-state index in [1.165, 1.54) is 24.3 Å². The van der Waals surface area contributed by atoms with Crippen LogP contribution >= 0.6 is 11.6 Å². The lowest BCUT2D eigenvalue weighted by Crippen LogP contribution is -2.18. The van der Waals surface area contributed by atoms with Crippen molar-refractivity contribution < 1.29 is 26.7 Å². The van der Waals surface area contributed by atoms with E-state index >= 15 is 0 Å². The molecule has 1 aromatic heterocycles. The molecule has 156 valence electrons. The minimum Gasteiger partial charge on any atom is -0.435 e. The SMILES string of the molecule is O=C(Nc1ccc(OC(F)F)cc1)c1nc(S(=O)(=O)Cc2ccccc2)ncc1Cl. The monoisotopic (exact) mass is 453 g/mol. The van der Waals surface area contributed by atoms with Gasteiger partial charge in [0.1, 0.15) is 5.75 Å². The van der Waals surface area contributed by atoms with Crippen LogP contribution in [0, 0.1) is 0 Å². The molecule has 30 heavy (non-hydrogen) atoms. The molecule has 0 saturated carbocycles. The molecule has 0 aliphatic carbocycles. The average Bonchev–Trinajstić information content (AvgIpc) is 2.69. The zero-order valence-electron chi connectivity index (χ0n) is 15.1. The second-order valence-corrected chi connectivity index (χ2v) is 8.24. The van der Waals surface area contributed by atoms with E-state index in [9.17, 15) is 22.0 Å². The number of nitrogens with zero attached hydrogens (tertiary/aromatic N) is 2. The maximum Gasteiger partial charge on any atom is 0.387 e. The number of hydrogen-bond donors (Lipinski definition) is 1. The standard InChI is InChI=1S/C19H14ClF2N3O4S/c20-15-10-23-19(30(27,28)11-12-4-2-1-3-5-12)25-16(15)17(26)24-13-6-8-14(9-7-13)29-18(21)22/h1-10,18H,11H2,(H,24,26). The van der Waals surface area contributed by atoms with Gasteiger partial charge < -0.3 is 10.1 Å². The Labute approximate surface area is 175 Å². The number of anilines is 1. The third kappa shape index (κ3) is 5.49. The largest absolute Gasteiger partial charge is 0.435 e. The quantitative estimate of drug-likeness (QED) is 0.544. The van der Waals surface area contributed by atoms with E-state index in [-0.39, 0.29) is 27.9 Å². The number of nitrogens with one attached hydrogen (secondary N) is 1. The highest BCUT2D eigenvalue weighted by Crippen LogP contribution is 2.21. The average molecular weight is 454 g/mol. The van der Waals surface area contributed by atoms with E-state index in [1.807, 2.05) is 0 Å². The number of sulfone groups is 1. The summed E-state index contributed by atoms with van der Waals surface area (Å²) in [6.07, 6.45) is 1.03. The molecule has 0 atom stereocenters. The van der Waals surface area contributed by atoms with Gasteiger partial charge in [0.15, 0.2) is 5.69 Å². The molecule has 1 heterocycles. The molecule has 0 aliphatic heterocycles. The Bertz CT molecular complexity index is 1140. The lowest BCUT2D eigenvalue weighted by atomic mass is 10.2. The number of amides is 1. The van der Waals surface area contributed by atoms with Crippen LogP contribution < -0.4 is 10.1 Å². The highest BCUT2D eigenvalue weighted by atomic mass is 35.5. The summed E-state index contributed by atoms with van der Waals surface area (Å²) < 4.78 is 53.8. The third-order valence-corrected chi connectivity index (χ3v) is 5.50. The number of ether oxygens (including phenoxy) is 1. The van der Waals surface area contributed by atoms with Gasteiger partial charge in [-0.15, -0.1) is 0 Å². The molecule has 0 saturated heterocycles. The molecule has 0 fully saturated rings. The van der Waals surface area contributed by atoms with Crippen LogP contribution in [0.15, 0.2) is 66.0 Å². The van der Waals surface area contributed by atoms with Crippen LogP contribution in [0.1, 0.15) is 16.1 Å². The Morgan fingerprint density at radius 2 is 1.77 bits per heavy atom. The van der Waals surface area contributed by atoms with Gasteiger partial charge in [-0.25, -0.2) is 18.4 Å². The van der Waals surface area contributed by atoms with E-state index in [2.05, 4.69) is 20.0 Å². The van der Waals surface area contributed by atoms with Gasteiger partial charge in [-0.1, -0.05) is 41.9 Å². The molecule has 3 aromatic rings. The molecule has 7 nitrogen and oxygen atoms in total. The molecule has 1 amide bonds. The van der Waals surface area contributed by atoms with Crippen molar-refractivity contribution in [3.63, 3.8) is 0 Å². The molecule has 0 aliphatic rings. The summed E-state index contributed by atoms with van der Waals surface area (Å²) in [6.45, 7) is -2.97. The van der Waals surface area contributed by atoms with Crippen molar-refractivity contribution in [2.45, 2.75) is 17.5 Å². The number of alkyl halides is 2. The van der Waals surface area contributed by atoms with Gasteiger partial charge in [0.05, 0.1) is 17.0 Å². The fourth-order valence-electron chi connectivity index (χ4n) is 2.43. The van der Waals surface area contributed by atoms with Crippen molar-refractivity contribution in [3.05, 3.63) is 77.1 Å². The molecule has 3 rings (SSSR count). The summed E-state index contributed by atoms with van der Waals surface area (Å²) >= 11 is 5.97. The van der Waals surface area contributed by atoms with Crippen molar-refractivity contribution in [1.29, 1.82) is 0 Å². The van der Waals surface area contributed by atoms with Gasteiger partial charge in [0.25, 0.3) is 5.91 Å². The van der Waals surface area contributed by atoms with E-state index in [1.54, 1.807) is 30.3 Å². The Hall–Kier alpha value is -3.11. The first kappa shape index (κ1) is 21.6. The zero-order chi connectivity index (χ0) is 21.7. The highest BCUT2D eigenvalue weighted by molar-refractivity contribution is 7.90. The molecule has 0 radical (unpaired) electrons. The van der Waals surface area contributed by atoms with Crippen molar-refractivity contribution in [1.82, 2.24) is 9.97 Å². The number of rotatable bonds is 7. The topological polar surface area (TPSA) is 98.2 Å². The predicted molar refractivity (Wildman–Crippen MR) is 105 cm³/mol. The summed E-state index contributed by atoms with van der Waals surface area (Å²) in [5, 5.41) is 1.77. The smallest absolute Gasteiger partial charge is 0.387 e. The molecule has 2 aromatic carbocycles. The van der Waals surface area contributed by atoms with E-state index in [0.29, 0.717) is 5.56 Å². The normalized spacial score (nSPS) is 11.3. The highest BCUT2D eigenvalue weighted by Gasteiger charge is 2.23. The van der Waals surface area contributed by atoms with Crippen LogP contribution in [-0.4, -0.2) is 30.9 Å². The second-order valence-electron chi connectivity index (χ2n) is 5.95. The van der Waals surface area contributed by atoms with Gasteiger partial charge in [0.2, 0.25) is 15.0 Å². The Kier molecular flexibility index (Phi) is 6.58. The minimum atomic E-state index is -3.92. The van der Waals surface area contributed by atoms with Crippen LogP contribution in [0.4, 0.5) is 14.5 Å². The first-order valence-electron chi connectivity index (χ1n) is 8.40. The fourth-order valence-corrected chi connectivity index (χ4v) is 3.81. The second kappa shape index (κ2) is 9.14. The summed E-state index contributed by atoms with van der Waals surface area (Å²) in [7, 11) is -3.92. The lowest BCUT2D eigenvalue weighted by Gasteiger charge is -2.09. The molecular weight excluding hydrogens is 440 g/mol. The summed E-state index contributed by atoms with van der Waals surface area (Å²) in [4.78, 5) is 20.1. The molecular formula is C19H14ClF2N3O4S. The molecule has 1 N–H and O–H groups in total. The van der Waals surface area contributed by atoms with E-state index < -0.39 is 27.5 Å². The van der Waals surface area contributed by atoms with Crippen LogP contribution in [0.2, 0.25) is 5.02 Å². The Morgan fingerprint density at radius 3 is 2.40 bits per heavy atom. The third-order valence-electron chi connectivity index (χ3n) is 3.75. The van der Waals surface area contributed by atoms with Crippen LogP contribution in [0.3, 0.4) is 0 Å². The maximum absolute atomic E-state index is 12.6. The van der Waals surface area contributed by atoms with Crippen molar-refractivity contribution >= 4 is 33.0 Å². The summed E-state index contributed by atoms with van der Waals surface area (Å²) in [6, 6.07) is 13.6. The number of carbonyl (C=O) groups excluding carboxylic acids is 1. The first-order valence-corrected chi connectivity index (χ1v) is 10.4. The van der Waals surface area contributed by atoms with Crippen molar-refractivity contribution in [2.75, 3.05) is 5.32 Å². The van der Waals surface area contributed by atoms with E-state index in [0.717, 1.165) is 6.20 Å². The number of benzene rings is 2. The number of hydrogen-bond acceptors (Lipinski definition) is 6. The minimum absolute atomic E-state index is 0.0858. The molecule has 0 unspecified atom stereocenters. The van der Waals surface area contributed by atoms with Gasteiger partial charge in [-0.3, -0.25) is 4.79 Å². The summed E-state index contributed by atoms with van der Waals surface area (Å²) in [5.41, 5.74) is 0.435. The van der Waals surface area contributed by atoms with Gasteiger partial charge >= 0.3 is 6.61 Å². The lowest BCUT2D eigenvalue weighted by molar-refractivity contribution is -0.0498. The van der Waals surface area contributed by atoms with Crippen LogP contribution in [-0.2, 0) is 15.6 Å². The van der Waals surface area contributed by atoms with Crippen molar-refractivity contribution in [2.24, 2.45) is 0 Å². The molecule has 0 spiro atoms. The zero-order valence-corrected chi connectivity index (χ0v) is 16.7. The Balaban J connectivity index is 1.80. The first-order chi connectivity index (χ1) is 14.2.